The lowest BCUT2D eigenvalue weighted by molar-refractivity contribution is -0.113. The molecular weight excluding hydrogens is 289 g/mol. The van der Waals surface area contributed by atoms with Gasteiger partial charge in [0.05, 0.1) is 17.2 Å². The highest BCUT2D eigenvalue weighted by Gasteiger charge is 2.09. The standard InChI is InChI=1S/C16H14FNO2S/c17-13-8-4-5-9-14(13)18-16(20)11-21-10-15(19)12-6-2-1-3-7-12/h1-9H,10-11H2,(H,18,20). The van der Waals surface area contributed by atoms with Gasteiger partial charge < -0.3 is 5.32 Å². The Hall–Kier alpha value is -2.14. The molecule has 5 heteroatoms. The smallest absolute Gasteiger partial charge is 0.234 e. The van der Waals surface area contributed by atoms with Gasteiger partial charge in [-0.25, -0.2) is 4.39 Å². The molecule has 0 aliphatic heterocycles. The fraction of sp³-hybridized carbons (Fsp3) is 0.125. The lowest BCUT2D eigenvalue weighted by atomic mass is 10.2. The molecule has 0 fully saturated rings. The van der Waals surface area contributed by atoms with E-state index in [9.17, 15) is 14.0 Å². The number of carbonyl (C=O) groups excluding carboxylic acids is 2. The highest BCUT2D eigenvalue weighted by atomic mass is 32.2. The van der Waals surface area contributed by atoms with Crippen molar-refractivity contribution in [3.8, 4) is 0 Å². The summed E-state index contributed by atoms with van der Waals surface area (Å²) in [6, 6.07) is 14.9. The van der Waals surface area contributed by atoms with E-state index in [4.69, 9.17) is 0 Å². The van der Waals surface area contributed by atoms with Crippen LogP contribution < -0.4 is 5.32 Å². The Morgan fingerprint density at radius 1 is 0.952 bits per heavy atom. The maximum atomic E-state index is 13.3. The number of thioether (sulfide) groups is 1. The SMILES string of the molecule is O=C(CSCC(=O)c1ccccc1)Nc1ccccc1F. The van der Waals surface area contributed by atoms with Crippen molar-refractivity contribution >= 4 is 29.1 Å². The quantitative estimate of drug-likeness (QED) is 0.832. The van der Waals surface area contributed by atoms with Crippen LogP contribution in [0.2, 0.25) is 0 Å². The maximum Gasteiger partial charge on any atom is 0.234 e. The van der Waals surface area contributed by atoms with Crippen molar-refractivity contribution < 1.29 is 14.0 Å². The number of Topliss-reactive ketones (excluding diaryl/α,β-unsaturated/α-hetero) is 1. The van der Waals surface area contributed by atoms with Gasteiger partial charge >= 0.3 is 0 Å². The predicted octanol–water partition coefficient (Wildman–Crippen LogP) is 3.38. The molecule has 0 aliphatic rings. The van der Waals surface area contributed by atoms with E-state index in [1.807, 2.05) is 6.07 Å². The molecule has 0 saturated heterocycles. The van der Waals surface area contributed by atoms with Gasteiger partial charge in [0.2, 0.25) is 5.91 Å². The molecule has 2 aromatic rings. The zero-order valence-corrected chi connectivity index (χ0v) is 12.0. The van der Waals surface area contributed by atoms with Crippen molar-refractivity contribution in [3.63, 3.8) is 0 Å². The number of ketones is 1. The predicted molar refractivity (Wildman–Crippen MR) is 83.1 cm³/mol. The number of para-hydroxylation sites is 1. The van der Waals surface area contributed by atoms with Gasteiger partial charge in [-0.05, 0) is 12.1 Å². The first-order valence-electron chi connectivity index (χ1n) is 6.37. The summed E-state index contributed by atoms with van der Waals surface area (Å²) in [6.07, 6.45) is 0. The summed E-state index contributed by atoms with van der Waals surface area (Å²) >= 11 is 1.21. The third-order valence-corrected chi connectivity index (χ3v) is 3.64. The maximum absolute atomic E-state index is 13.3. The van der Waals surface area contributed by atoms with Crippen LogP contribution in [0.5, 0.6) is 0 Å². The number of amides is 1. The first-order chi connectivity index (χ1) is 10.2. The number of carbonyl (C=O) groups is 2. The van der Waals surface area contributed by atoms with Crippen LogP contribution in [0.15, 0.2) is 54.6 Å². The summed E-state index contributed by atoms with van der Waals surface area (Å²) < 4.78 is 13.3. The second kappa shape index (κ2) is 7.59. The minimum absolute atomic E-state index is 0.0284. The van der Waals surface area contributed by atoms with E-state index in [0.717, 1.165) is 0 Å². The fourth-order valence-electron chi connectivity index (χ4n) is 1.69. The molecule has 2 aromatic carbocycles. The fourth-order valence-corrected chi connectivity index (χ4v) is 2.40. The summed E-state index contributed by atoms with van der Waals surface area (Å²) in [5.74, 6) is -0.511. The third-order valence-electron chi connectivity index (χ3n) is 2.71. The van der Waals surface area contributed by atoms with Crippen molar-refractivity contribution in [2.45, 2.75) is 0 Å². The number of halogens is 1. The zero-order valence-electron chi connectivity index (χ0n) is 11.2. The topological polar surface area (TPSA) is 46.2 Å². The number of benzene rings is 2. The third kappa shape index (κ3) is 4.72. The van der Waals surface area contributed by atoms with Gasteiger partial charge in [-0.15, -0.1) is 11.8 Å². The van der Waals surface area contributed by atoms with Crippen molar-refractivity contribution in [3.05, 3.63) is 66.0 Å². The van der Waals surface area contributed by atoms with Crippen LogP contribution in [0.1, 0.15) is 10.4 Å². The Bertz CT molecular complexity index is 631. The molecule has 0 saturated carbocycles. The molecule has 0 spiro atoms. The van der Waals surface area contributed by atoms with Gasteiger partial charge in [0.15, 0.2) is 5.78 Å². The Labute approximate surface area is 126 Å². The summed E-state index contributed by atoms with van der Waals surface area (Å²) in [5, 5.41) is 2.48. The first kappa shape index (κ1) is 15.3. The van der Waals surface area contributed by atoms with E-state index >= 15 is 0 Å². The number of hydrogen-bond acceptors (Lipinski definition) is 3. The summed E-state index contributed by atoms with van der Waals surface area (Å²) in [6.45, 7) is 0. The lowest BCUT2D eigenvalue weighted by Crippen LogP contribution is -2.16. The highest BCUT2D eigenvalue weighted by molar-refractivity contribution is 8.00. The van der Waals surface area contributed by atoms with Crippen LogP contribution in [-0.4, -0.2) is 23.2 Å². The van der Waals surface area contributed by atoms with Crippen molar-refractivity contribution in [2.75, 3.05) is 16.8 Å². The number of nitrogens with one attached hydrogen (secondary N) is 1. The van der Waals surface area contributed by atoms with Crippen molar-refractivity contribution in [1.82, 2.24) is 0 Å². The van der Waals surface area contributed by atoms with Gasteiger partial charge in [-0.2, -0.15) is 0 Å². The van der Waals surface area contributed by atoms with Gasteiger partial charge in [-0.3, -0.25) is 9.59 Å². The number of rotatable bonds is 6. The molecular formula is C16H14FNO2S. The van der Waals surface area contributed by atoms with E-state index in [2.05, 4.69) is 5.32 Å². The van der Waals surface area contributed by atoms with Gasteiger partial charge in [0.25, 0.3) is 0 Å². The Morgan fingerprint density at radius 3 is 2.33 bits per heavy atom. The molecule has 0 bridgehead atoms. The average molecular weight is 303 g/mol. The van der Waals surface area contributed by atoms with Crippen LogP contribution in [0.25, 0.3) is 0 Å². The van der Waals surface area contributed by atoms with Crippen LogP contribution in [0.3, 0.4) is 0 Å². The van der Waals surface area contributed by atoms with Gasteiger partial charge in [0, 0.05) is 5.56 Å². The van der Waals surface area contributed by atoms with Gasteiger partial charge in [-0.1, -0.05) is 42.5 Å². The molecule has 0 unspecified atom stereocenters. The molecule has 0 aliphatic carbocycles. The minimum Gasteiger partial charge on any atom is -0.323 e. The van der Waals surface area contributed by atoms with E-state index in [0.29, 0.717) is 5.56 Å². The molecule has 108 valence electrons. The minimum atomic E-state index is -0.476. The molecule has 0 radical (unpaired) electrons. The zero-order chi connectivity index (χ0) is 15.1. The van der Waals surface area contributed by atoms with Crippen LogP contribution in [-0.2, 0) is 4.79 Å². The summed E-state index contributed by atoms with van der Waals surface area (Å²) in [7, 11) is 0. The highest BCUT2D eigenvalue weighted by Crippen LogP contribution is 2.13. The average Bonchev–Trinajstić information content (AvgIpc) is 2.50. The Balaban J connectivity index is 1.77. The van der Waals surface area contributed by atoms with Crippen LogP contribution >= 0.6 is 11.8 Å². The summed E-state index contributed by atoms with van der Waals surface area (Å²) in [4.78, 5) is 23.5. The van der Waals surface area contributed by atoms with Crippen molar-refractivity contribution in [1.29, 1.82) is 0 Å². The normalized spacial score (nSPS) is 10.1. The van der Waals surface area contributed by atoms with E-state index in [-0.39, 0.29) is 28.9 Å². The van der Waals surface area contributed by atoms with E-state index in [1.165, 1.54) is 23.9 Å². The molecule has 0 aromatic heterocycles. The van der Waals surface area contributed by atoms with Crippen LogP contribution in [0.4, 0.5) is 10.1 Å². The van der Waals surface area contributed by atoms with Crippen LogP contribution in [0, 0.1) is 5.82 Å². The molecule has 0 heterocycles. The van der Waals surface area contributed by atoms with E-state index < -0.39 is 5.82 Å². The lowest BCUT2D eigenvalue weighted by Gasteiger charge is -2.06. The largest absolute Gasteiger partial charge is 0.323 e. The second-order valence-corrected chi connectivity index (χ2v) is 5.30. The first-order valence-corrected chi connectivity index (χ1v) is 7.52. The molecule has 21 heavy (non-hydrogen) atoms. The van der Waals surface area contributed by atoms with Gasteiger partial charge in [0.1, 0.15) is 5.82 Å². The van der Waals surface area contributed by atoms with E-state index in [1.54, 1.807) is 36.4 Å². The Morgan fingerprint density at radius 2 is 1.62 bits per heavy atom. The second-order valence-electron chi connectivity index (χ2n) is 4.31. The molecule has 1 amide bonds. The molecule has 3 nitrogen and oxygen atoms in total. The number of anilines is 1. The molecule has 1 N–H and O–H groups in total. The Kier molecular flexibility index (Phi) is 5.51. The van der Waals surface area contributed by atoms with Crippen molar-refractivity contribution in [2.24, 2.45) is 0 Å². The monoisotopic (exact) mass is 303 g/mol. The molecule has 0 atom stereocenters. The molecule has 2 rings (SSSR count). The summed E-state index contributed by atoms with van der Waals surface area (Å²) in [5.41, 5.74) is 0.775. The number of hydrogen-bond donors (Lipinski definition) is 1.